The Kier molecular flexibility index (Phi) is 6.53. The minimum Gasteiger partial charge on any atom is -0.494 e. The molecule has 3 rings (SSSR count). The number of esters is 1. The Balaban J connectivity index is 2.17. The molecule has 2 unspecified atom stereocenters. The summed E-state index contributed by atoms with van der Waals surface area (Å²) < 4.78 is 10.8. The molecule has 30 heavy (non-hydrogen) atoms. The monoisotopic (exact) mass is 412 g/mol. The van der Waals surface area contributed by atoms with Crippen molar-refractivity contribution in [3.63, 3.8) is 0 Å². The van der Waals surface area contributed by atoms with Gasteiger partial charge >= 0.3 is 5.97 Å². The second-order valence-electron chi connectivity index (χ2n) is 7.84. The van der Waals surface area contributed by atoms with E-state index in [9.17, 15) is 4.79 Å². The summed E-state index contributed by atoms with van der Waals surface area (Å²) in [5.74, 6) is 6.02. The molecule has 0 spiro atoms. The minimum absolute atomic E-state index is 0.0241. The molecule has 1 aliphatic rings. The Morgan fingerprint density at radius 2 is 2.07 bits per heavy atom. The molecular weight excluding hydrogens is 380 g/mol. The smallest absolute Gasteiger partial charge is 0.306 e. The van der Waals surface area contributed by atoms with Crippen molar-refractivity contribution in [1.29, 1.82) is 0 Å². The van der Waals surface area contributed by atoms with Crippen LogP contribution in [0.25, 0.3) is 0 Å². The standard InChI is InChI=1S/C23H32N4O3/c1-5-30-21(28)12-17(14-10-19(25)23(27(3)26)20(11-14)29-4)15-7-6-13(2)22-16(15)8-9-18(22)24/h6-7,10-11,17-18H,5,8-9,12,24-26H2,1-4H3. The molecule has 2 atom stereocenters. The van der Waals surface area contributed by atoms with Crippen LogP contribution < -0.4 is 27.1 Å². The summed E-state index contributed by atoms with van der Waals surface area (Å²) >= 11 is 0. The maximum Gasteiger partial charge on any atom is 0.306 e. The van der Waals surface area contributed by atoms with Crippen molar-refractivity contribution in [2.24, 2.45) is 11.6 Å². The number of ether oxygens (including phenoxy) is 2. The maximum atomic E-state index is 12.5. The molecule has 0 saturated heterocycles. The number of carbonyl (C=O) groups excluding carboxylic acids is 1. The molecule has 2 aromatic carbocycles. The molecule has 0 bridgehead atoms. The quantitative estimate of drug-likeness (QED) is 0.277. The average molecular weight is 413 g/mol. The topological polar surface area (TPSA) is 117 Å². The molecule has 0 amide bonds. The molecule has 0 aromatic heterocycles. The Labute approximate surface area is 178 Å². The SMILES string of the molecule is CCOC(=O)CC(c1cc(N)c(N(C)N)c(OC)c1)c1ccc(C)c2c1CCC2N. The Hall–Kier alpha value is -2.77. The molecule has 0 radical (unpaired) electrons. The number of rotatable bonds is 7. The van der Waals surface area contributed by atoms with Gasteiger partial charge in [-0.25, -0.2) is 5.84 Å². The highest BCUT2D eigenvalue weighted by Crippen LogP contribution is 2.43. The van der Waals surface area contributed by atoms with E-state index < -0.39 is 0 Å². The van der Waals surface area contributed by atoms with E-state index in [1.807, 2.05) is 19.1 Å². The number of hydrazine groups is 1. The highest BCUT2D eigenvalue weighted by Gasteiger charge is 2.30. The van der Waals surface area contributed by atoms with Crippen LogP contribution in [-0.2, 0) is 16.0 Å². The van der Waals surface area contributed by atoms with Gasteiger partial charge in [0, 0.05) is 19.0 Å². The third-order valence-electron chi connectivity index (χ3n) is 5.84. The Morgan fingerprint density at radius 3 is 2.70 bits per heavy atom. The number of benzene rings is 2. The lowest BCUT2D eigenvalue weighted by Gasteiger charge is -2.25. The highest BCUT2D eigenvalue weighted by atomic mass is 16.5. The molecule has 7 heteroatoms. The van der Waals surface area contributed by atoms with Crippen LogP contribution in [0.2, 0.25) is 0 Å². The molecule has 1 aliphatic carbocycles. The number of anilines is 2. The summed E-state index contributed by atoms with van der Waals surface area (Å²) in [6, 6.07) is 7.98. The van der Waals surface area contributed by atoms with Crippen LogP contribution in [0.1, 0.15) is 59.5 Å². The van der Waals surface area contributed by atoms with E-state index in [4.69, 9.17) is 26.8 Å². The van der Waals surface area contributed by atoms with Gasteiger partial charge in [-0.2, -0.15) is 0 Å². The molecular formula is C23H32N4O3. The van der Waals surface area contributed by atoms with Crippen molar-refractivity contribution in [3.05, 3.63) is 52.1 Å². The van der Waals surface area contributed by atoms with E-state index in [2.05, 4.69) is 19.1 Å². The van der Waals surface area contributed by atoms with Crippen LogP contribution in [0.5, 0.6) is 5.75 Å². The second kappa shape index (κ2) is 8.93. The van der Waals surface area contributed by atoms with Crippen molar-refractivity contribution in [1.82, 2.24) is 0 Å². The fourth-order valence-corrected chi connectivity index (χ4v) is 4.54. The van der Waals surface area contributed by atoms with Gasteiger partial charge in [0.2, 0.25) is 0 Å². The first-order valence-corrected chi connectivity index (χ1v) is 10.3. The molecule has 0 saturated carbocycles. The van der Waals surface area contributed by atoms with Crippen molar-refractivity contribution in [2.75, 3.05) is 31.5 Å². The zero-order valence-electron chi connectivity index (χ0n) is 18.2. The average Bonchev–Trinajstić information content (AvgIpc) is 3.08. The number of nitrogens with zero attached hydrogens (tertiary/aromatic N) is 1. The predicted molar refractivity (Wildman–Crippen MR) is 120 cm³/mol. The van der Waals surface area contributed by atoms with Crippen LogP contribution in [0.15, 0.2) is 24.3 Å². The summed E-state index contributed by atoms with van der Waals surface area (Å²) in [4.78, 5) is 12.5. The number of aryl methyl sites for hydroxylation is 1. The summed E-state index contributed by atoms with van der Waals surface area (Å²) in [7, 11) is 3.28. The number of nitrogen functional groups attached to an aromatic ring is 1. The molecule has 2 aromatic rings. The lowest BCUT2D eigenvalue weighted by Crippen LogP contribution is -2.27. The van der Waals surface area contributed by atoms with E-state index >= 15 is 0 Å². The van der Waals surface area contributed by atoms with E-state index in [-0.39, 0.29) is 24.3 Å². The van der Waals surface area contributed by atoms with Gasteiger partial charge in [-0.3, -0.25) is 4.79 Å². The maximum absolute atomic E-state index is 12.5. The van der Waals surface area contributed by atoms with E-state index in [0.29, 0.717) is 23.7 Å². The zero-order chi connectivity index (χ0) is 22.0. The molecule has 6 N–H and O–H groups in total. The third-order valence-corrected chi connectivity index (χ3v) is 5.84. The lowest BCUT2D eigenvalue weighted by molar-refractivity contribution is -0.143. The van der Waals surface area contributed by atoms with Gasteiger partial charge in [0.15, 0.2) is 0 Å². The number of nitrogens with two attached hydrogens (primary N) is 3. The minimum atomic E-state index is -0.253. The van der Waals surface area contributed by atoms with Gasteiger partial charge in [0.05, 0.1) is 25.8 Å². The van der Waals surface area contributed by atoms with Gasteiger partial charge in [-0.1, -0.05) is 12.1 Å². The van der Waals surface area contributed by atoms with Crippen LogP contribution >= 0.6 is 0 Å². The first-order valence-electron chi connectivity index (χ1n) is 10.3. The van der Waals surface area contributed by atoms with Gasteiger partial charge in [0.25, 0.3) is 0 Å². The second-order valence-corrected chi connectivity index (χ2v) is 7.84. The lowest BCUT2D eigenvalue weighted by atomic mass is 9.83. The number of hydrogen-bond acceptors (Lipinski definition) is 7. The molecule has 0 heterocycles. The number of fused-ring (bicyclic) bond motifs is 1. The third kappa shape index (κ3) is 4.08. The molecule has 7 nitrogen and oxygen atoms in total. The fourth-order valence-electron chi connectivity index (χ4n) is 4.54. The highest BCUT2D eigenvalue weighted by molar-refractivity contribution is 5.77. The normalized spacial score (nSPS) is 16.1. The van der Waals surface area contributed by atoms with Gasteiger partial charge in [-0.15, -0.1) is 0 Å². The summed E-state index contributed by atoms with van der Waals surface area (Å²) in [6.07, 6.45) is 2.00. The van der Waals surface area contributed by atoms with Crippen LogP contribution in [-0.4, -0.2) is 26.7 Å². The fraction of sp³-hybridized carbons (Fsp3) is 0.435. The summed E-state index contributed by atoms with van der Waals surface area (Å²) in [5.41, 5.74) is 19.4. The van der Waals surface area contributed by atoms with E-state index in [1.165, 1.54) is 21.7 Å². The van der Waals surface area contributed by atoms with Crippen molar-refractivity contribution in [3.8, 4) is 5.75 Å². The molecule has 0 aliphatic heterocycles. The number of hydrogen-bond donors (Lipinski definition) is 3. The molecule has 0 fully saturated rings. The molecule has 162 valence electrons. The summed E-state index contributed by atoms with van der Waals surface area (Å²) in [6.45, 7) is 4.23. The van der Waals surface area contributed by atoms with Gasteiger partial charge in [-0.05, 0) is 66.6 Å². The number of methoxy groups -OCH3 is 1. The van der Waals surface area contributed by atoms with Crippen molar-refractivity contribution >= 4 is 17.3 Å². The van der Waals surface area contributed by atoms with Crippen molar-refractivity contribution in [2.45, 2.75) is 45.1 Å². The summed E-state index contributed by atoms with van der Waals surface area (Å²) in [5, 5.41) is 1.43. The zero-order valence-corrected chi connectivity index (χ0v) is 18.2. The van der Waals surface area contributed by atoms with Crippen molar-refractivity contribution < 1.29 is 14.3 Å². The predicted octanol–water partition coefficient (Wildman–Crippen LogP) is 2.93. The van der Waals surface area contributed by atoms with Gasteiger partial charge in [0.1, 0.15) is 11.4 Å². The van der Waals surface area contributed by atoms with Crippen LogP contribution in [0, 0.1) is 6.92 Å². The van der Waals surface area contributed by atoms with Crippen LogP contribution in [0.3, 0.4) is 0 Å². The van der Waals surface area contributed by atoms with E-state index in [1.54, 1.807) is 14.2 Å². The number of carbonyl (C=O) groups is 1. The Bertz CT molecular complexity index is 943. The van der Waals surface area contributed by atoms with E-state index in [0.717, 1.165) is 24.0 Å². The first-order chi connectivity index (χ1) is 14.3. The first kappa shape index (κ1) is 21.9. The largest absolute Gasteiger partial charge is 0.494 e. The van der Waals surface area contributed by atoms with Crippen LogP contribution in [0.4, 0.5) is 11.4 Å². The van der Waals surface area contributed by atoms with Gasteiger partial charge < -0.3 is 25.9 Å². The Morgan fingerprint density at radius 1 is 1.33 bits per heavy atom.